The topological polar surface area (TPSA) is 30.8 Å². The SMILES string of the molecule is C/N=C/c1cc(C)ccc1Pc1cc(C(C)(C)C)cc(C)c1OCOC. The molecule has 0 aromatic heterocycles. The summed E-state index contributed by atoms with van der Waals surface area (Å²) in [5.41, 5.74) is 4.96. The number of ether oxygens (including phenoxy) is 2. The van der Waals surface area contributed by atoms with Gasteiger partial charge >= 0.3 is 0 Å². The van der Waals surface area contributed by atoms with Crippen LogP contribution >= 0.6 is 8.58 Å². The maximum absolute atomic E-state index is 5.93. The molecule has 0 bridgehead atoms. The fourth-order valence-electron chi connectivity index (χ4n) is 2.80. The minimum absolute atomic E-state index is 0.0881. The summed E-state index contributed by atoms with van der Waals surface area (Å²) in [4.78, 5) is 4.22. The van der Waals surface area contributed by atoms with Crippen molar-refractivity contribution in [1.29, 1.82) is 0 Å². The molecular formula is C22H30NO2P. The van der Waals surface area contributed by atoms with Gasteiger partial charge in [-0.1, -0.05) is 53.1 Å². The molecule has 0 aliphatic rings. The fourth-order valence-corrected chi connectivity index (χ4v) is 4.14. The number of methoxy groups -OCH3 is 1. The normalized spacial score (nSPS) is 12.4. The third-order valence-electron chi connectivity index (χ3n) is 4.21. The summed E-state index contributed by atoms with van der Waals surface area (Å²) in [5.74, 6) is 0.929. The van der Waals surface area contributed by atoms with Crippen molar-refractivity contribution >= 4 is 25.4 Å². The van der Waals surface area contributed by atoms with Gasteiger partial charge in [0.1, 0.15) is 5.75 Å². The molecule has 1 unspecified atom stereocenters. The molecule has 0 saturated carbocycles. The van der Waals surface area contributed by atoms with Crippen LogP contribution in [0.2, 0.25) is 0 Å². The number of aryl methyl sites for hydroxylation is 2. The number of rotatable bonds is 6. The average Bonchev–Trinajstić information content (AvgIpc) is 2.55. The highest BCUT2D eigenvalue weighted by Gasteiger charge is 2.19. The van der Waals surface area contributed by atoms with Crippen LogP contribution in [0.15, 0.2) is 35.3 Å². The Bertz CT molecular complexity index is 791. The first kappa shape index (κ1) is 20.6. The third kappa shape index (κ3) is 5.16. The Labute approximate surface area is 159 Å². The predicted octanol–water partition coefficient (Wildman–Crippen LogP) is 4.26. The zero-order valence-electron chi connectivity index (χ0n) is 16.9. The van der Waals surface area contributed by atoms with Crippen LogP contribution in [-0.4, -0.2) is 27.2 Å². The minimum Gasteiger partial charge on any atom is -0.467 e. The lowest BCUT2D eigenvalue weighted by atomic mass is 9.86. The number of aliphatic imine (C=N–C) groups is 1. The predicted molar refractivity (Wildman–Crippen MR) is 115 cm³/mol. The van der Waals surface area contributed by atoms with Crippen LogP contribution in [0.3, 0.4) is 0 Å². The molecule has 2 rings (SSSR count). The smallest absolute Gasteiger partial charge is 0.188 e. The molecule has 0 aliphatic heterocycles. The van der Waals surface area contributed by atoms with Gasteiger partial charge in [0.15, 0.2) is 6.79 Å². The Morgan fingerprint density at radius 1 is 1.08 bits per heavy atom. The fraction of sp³-hybridized carbons (Fsp3) is 0.409. The van der Waals surface area contributed by atoms with Crippen molar-refractivity contribution in [2.45, 2.75) is 40.0 Å². The zero-order valence-corrected chi connectivity index (χ0v) is 17.9. The molecule has 0 heterocycles. The molecule has 2 aromatic rings. The Morgan fingerprint density at radius 2 is 1.81 bits per heavy atom. The van der Waals surface area contributed by atoms with Crippen LogP contribution in [0.5, 0.6) is 5.75 Å². The minimum atomic E-state index is 0.0881. The summed E-state index contributed by atoms with van der Waals surface area (Å²) < 4.78 is 11.1. The standard InChI is InChI=1S/C22H30NO2P/c1-15-8-9-19(17(10-15)13-23-6)26-20-12-18(22(3,4)5)11-16(2)21(20)25-14-24-7/h8-13,26H,14H2,1-7H3/b23-13+. The number of hydrogen-bond donors (Lipinski definition) is 0. The summed E-state index contributed by atoms with van der Waals surface area (Å²) in [6.45, 7) is 11.2. The van der Waals surface area contributed by atoms with Crippen molar-refractivity contribution in [3.8, 4) is 5.75 Å². The summed E-state index contributed by atoms with van der Waals surface area (Å²) in [7, 11) is 3.95. The van der Waals surface area contributed by atoms with Gasteiger partial charge in [-0.15, -0.1) is 0 Å². The second kappa shape index (κ2) is 8.79. The van der Waals surface area contributed by atoms with E-state index in [-0.39, 0.29) is 12.2 Å². The molecule has 0 N–H and O–H groups in total. The zero-order chi connectivity index (χ0) is 19.3. The molecule has 1 atom stereocenters. The van der Waals surface area contributed by atoms with E-state index in [2.05, 4.69) is 69.9 Å². The van der Waals surface area contributed by atoms with Crippen LogP contribution in [0.1, 0.15) is 43.0 Å². The molecule has 0 fully saturated rings. The Hall–Kier alpha value is -1.70. The molecule has 4 heteroatoms. The summed E-state index contributed by atoms with van der Waals surface area (Å²) >= 11 is 0. The van der Waals surface area contributed by atoms with Crippen LogP contribution < -0.4 is 15.3 Å². The second-order valence-corrected chi connectivity index (χ2v) is 8.90. The van der Waals surface area contributed by atoms with Gasteiger partial charge in [-0.3, -0.25) is 4.99 Å². The van der Waals surface area contributed by atoms with Crippen LogP contribution in [0.4, 0.5) is 0 Å². The van der Waals surface area contributed by atoms with Gasteiger partial charge < -0.3 is 9.47 Å². The van der Waals surface area contributed by atoms with Crippen LogP contribution in [0, 0.1) is 13.8 Å². The van der Waals surface area contributed by atoms with Gasteiger partial charge in [-0.2, -0.15) is 0 Å². The molecule has 140 valence electrons. The second-order valence-electron chi connectivity index (χ2n) is 7.57. The van der Waals surface area contributed by atoms with Crippen molar-refractivity contribution in [3.05, 3.63) is 52.6 Å². The van der Waals surface area contributed by atoms with Gasteiger partial charge in [0, 0.05) is 31.2 Å². The van der Waals surface area contributed by atoms with E-state index in [0.29, 0.717) is 8.58 Å². The maximum atomic E-state index is 5.93. The molecule has 3 nitrogen and oxygen atoms in total. The van der Waals surface area contributed by atoms with Crippen LogP contribution in [0.25, 0.3) is 0 Å². The summed E-state index contributed by atoms with van der Waals surface area (Å²) in [6, 6.07) is 11.0. The van der Waals surface area contributed by atoms with E-state index in [1.807, 2.05) is 13.3 Å². The Kier molecular flexibility index (Phi) is 6.97. The third-order valence-corrected chi connectivity index (χ3v) is 5.57. The van der Waals surface area contributed by atoms with E-state index in [0.717, 1.165) is 11.3 Å². The molecule has 0 spiro atoms. The van der Waals surface area contributed by atoms with Crippen LogP contribution in [-0.2, 0) is 10.2 Å². The highest BCUT2D eigenvalue weighted by molar-refractivity contribution is 7.56. The largest absolute Gasteiger partial charge is 0.467 e. The van der Waals surface area contributed by atoms with E-state index in [4.69, 9.17) is 9.47 Å². The first-order valence-corrected chi connectivity index (χ1v) is 9.83. The number of nitrogens with zero attached hydrogens (tertiary/aromatic N) is 1. The number of benzene rings is 2. The molecule has 2 aromatic carbocycles. The summed E-state index contributed by atoms with van der Waals surface area (Å²) in [5, 5.41) is 2.48. The number of hydrogen-bond acceptors (Lipinski definition) is 3. The molecule has 0 saturated heterocycles. The van der Waals surface area contributed by atoms with Gasteiger partial charge in [0.05, 0.1) is 0 Å². The first-order valence-electron chi connectivity index (χ1n) is 8.83. The lowest BCUT2D eigenvalue weighted by Gasteiger charge is -2.23. The van der Waals surface area contributed by atoms with E-state index in [1.54, 1.807) is 7.11 Å². The van der Waals surface area contributed by atoms with Crippen molar-refractivity contribution in [3.63, 3.8) is 0 Å². The van der Waals surface area contributed by atoms with E-state index >= 15 is 0 Å². The van der Waals surface area contributed by atoms with Gasteiger partial charge in [0.25, 0.3) is 0 Å². The van der Waals surface area contributed by atoms with E-state index in [1.165, 1.54) is 27.3 Å². The molecule has 0 amide bonds. The maximum Gasteiger partial charge on any atom is 0.188 e. The highest BCUT2D eigenvalue weighted by Crippen LogP contribution is 2.31. The first-order chi connectivity index (χ1) is 12.3. The van der Waals surface area contributed by atoms with Crippen molar-refractivity contribution in [2.24, 2.45) is 4.99 Å². The van der Waals surface area contributed by atoms with Crippen molar-refractivity contribution < 1.29 is 9.47 Å². The molecular weight excluding hydrogens is 341 g/mol. The van der Waals surface area contributed by atoms with Gasteiger partial charge in [-0.05, 0) is 47.8 Å². The molecule has 0 radical (unpaired) electrons. The quantitative estimate of drug-likeness (QED) is 0.432. The molecule has 26 heavy (non-hydrogen) atoms. The van der Waals surface area contributed by atoms with E-state index in [9.17, 15) is 0 Å². The van der Waals surface area contributed by atoms with Gasteiger partial charge in [-0.25, -0.2) is 0 Å². The van der Waals surface area contributed by atoms with E-state index < -0.39 is 0 Å². The Balaban J connectivity index is 2.54. The highest BCUT2D eigenvalue weighted by atomic mass is 31.1. The Morgan fingerprint density at radius 3 is 2.42 bits per heavy atom. The average molecular weight is 371 g/mol. The van der Waals surface area contributed by atoms with Crippen molar-refractivity contribution in [1.82, 2.24) is 0 Å². The monoisotopic (exact) mass is 371 g/mol. The van der Waals surface area contributed by atoms with Crippen molar-refractivity contribution in [2.75, 3.05) is 21.0 Å². The summed E-state index contributed by atoms with van der Waals surface area (Å²) in [6.07, 6.45) is 1.94. The van der Waals surface area contributed by atoms with Gasteiger partial charge in [0.2, 0.25) is 0 Å². The lowest BCUT2D eigenvalue weighted by Crippen LogP contribution is -2.19. The molecule has 0 aliphatic carbocycles. The lowest BCUT2D eigenvalue weighted by molar-refractivity contribution is 0.0514.